The summed E-state index contributed by atoms with van der Waals surface area (Å²) in [6.07, 6.45) is -2.21. The number of halogens is 3. The summed E-state index contributed by atoms with van der Waals surface area (Å²) in [6.45, 7) is 6.74. The maximum absolute atomic E-state index is 13.0. The second kappa shape index (κ2) is 4.23. The first kappa shape index (κ1) is 15.5. The van der Waals surface area contributed by atoms with E-state index >= 15 is 0 Å². The zero-order valence-corrected chi connectivity index (χ0v) is 11.4. The number of rotatable bonds is 2. The van der Waals surface area contributed by atoms with Crippen molar-refractivity contribution in [1.82, 2.24) is 0 Å². The highest BCUT2D eigenvalue weighted by Crippen LogP contribution is 2.49. The summed E-state index contributed by atoms with van der Waals surface area (Å²) < 4.78 is 39.1. The van der Waals surface area contributed by atoms with Gasteiger partial charge in [-0.3, -0.25) is 0 Å². The maximum atomic E-state index is 13.0. The molecule has 0 aliphatic heterocycles. The topological polar surface area (TPSA) is 46.2 Å². The van der Waals surface area contributed by atoms with E-state index in [4.69, 9.17) is 5.73 Å². The van der Waals surface area contributed by atoms with Gasteiger partial charge in [-0.2, -0.15) is 13.2 Å². The fraction of sp³-hybridized carbons (Fsp3) is 0.846. The molecule has 0 aromatic rings. The number of alkyl halides is 3. The highest BCUT2D eigenvalue weighted by atomic mass is 19.4. The third-order valence-electron chi connectivity index (χ3n) is 3.46. The van der Waals surface area contributed by atoms with Crippen LogP contribution in [0.25, 0.3) is 0 Å². The summed E-state index contributed by atoms with van der Waals surface area (Å²) in [6, 6.07) is 0. The number of allylic oxidation sites excluding steroid dienone is 1. The zero-order valence-electron chi connectivity index (χ0n) is 11.4. The lowest BCUT2D eigenvalue weighted by atomic mass is 9.64. The van der Waals surface area contributed by atoms with Crippen molar-refractivity contribution in [2.75, 3.05) is 6.54 Å². The second-order valence-corrected chi connectivity index (χ2v) is 6.74. The van der Waals surface area contributed by atoms with Crippen molar-refractivity contribution < 1.29 is 18.3 Å². The second-order valence-electron chi connectivity index (χ2n) is 6.74. The molecule has 5 heteroatoms. The Hall–Kier alpha value is -0.550. The predicted octanol–water partition coefficient (Wildman–Crippen LogP) is 3.01. The Bertz CT molecular complexity index is 358. The number of nitrogens with two attached hydrogens (primary N) is 1. The summed E-state index contributed by atoms with van der Waals surface area (Å²) in [5.41, 5.74) is 1.64. The minimum absolute atomic E-state index is 0.00116. The van der Waals surface area contributed by atoms with E-state index in [9.17, 15) is 18.3 Å². The molecule has 18 heavy (non-hydrogen) atoms. The van der Waals surface area contributed by atoms with Crippen molar-refractivity contribution in [3.05, 3.63) is 11.6 Å². The summed E-state index contributed by atoms with van der Waals surface area (Å²) >= 11 is 0. The lowest BCUT2D eigenvalue weighted by molar-refractivity contribution is -0.242. The Labute approximate surface area is 106 Å². The molecule has 0 aromatic heterocycles. The molecule has 0 saturated carbocycles. The largest absolute Gasteiger partial charge is 0.422 e. The van der Waals surface area contributed by atoms with Crippen LogP contribution in [0.5, 0.6) is 0 Å². The highest BCUT2D eigenvalue weighted by molar-refractivity contribution is 5.27. The van der Waals surface area contributed by atoms with Crippen LogP contribution in [-0.2, 0) is 0 Å². The summed E-state index contributed by atoms with van der Waals surface area (Å²) in [5.74, 6) is 0. The summed E-state index contributed by atoms with van der Waals surface area (Å²) in [5, 5.41) is 9.93. The first-order chi connectivity index (χ1) is 7.83. The molecule has 2 nitrogen and oxygen atoms in total. The monoisotopic (exact) mass is 265 g/mol. The SMILES string of the molecule is CC1(C)C=C(C(O)(CN)C(F)(F)F)CC(C)(C)C1. The molecule has 0 aromatic carbocycles. The van der Waals surface area contributed by atoms with Gasteiger partial charge in [-0.15, -0.1) is 0 Å². The molecule has 1 rings (SSSR count). The molecule has 0 saturated heterocycles. The lowest BCUT2D eigenvalue weighted by Gasteiger charge is -2.44. The third kappa shape index (κ3) is 2.88. The molecular weight excluding hydrogens is 243 g/mol. The normalized spacial score (nSPS) is 26.4. The molecule has 0 fully saturated rings. The highest BCUT2D eigenvalue weighted by Gasteiger charge is 2.57. The number of aliphatic hydroxyl groups is 1. The van der Waals surface area contributed by atoms with E-state index in [2.05, 4.69) is 0 Å². The average Bonchev–Trinajstić information content (AvgIpc) is 2.09. The van der Waals surface area contributed by atoms with E-state index in [-0.39, 0.29) is 22.8 Å². The molecule has 1 aliphatic carbocycles. The third-order valence-corrected chi connectivity index (χ3v) is 3.46. The van der Waals surface area contributed by atoms with Crippen LogP contribution in [-0.4, -0.2) is 23.4 Å². The molecule has 0 bridgehead atoms. The van der Waals surface area contributed by atoms with Crippen molar-refractivity contribution in [2.45, 2.75) is 52.3 Å². The Kier molecular flexibility index (Phi) is 3.65. The molecule has 1 aliphatic rings. The van der Waals surface area contributed by atoms with E-state index < -0.39 is 18.3 Å². The van der Waals surface area contributed by atoms with Crippen molar-refractivity contribution in [2.24, 2.45) is 16.6 Å². The quantitative estimate of drug-likeness (QED) is 0.754. The first-order valence-electron chi connectivity index (χ1n) is 6.04. The van der Waals surface area contributed by atoms with Gasteiger partial charge in [0, 0.05) is 6.54 Å². The van der Waals surface area contributed by atoms with Crippen LogP contribution in [0.2, 0.25) is 0 Å². The molecule has 106 valence electrons. The minimum Gasteiger partial charge on any atom is -0.376 e. The molecule has 0 amide bonds. The lowest BCUT2D eigenvalue weighted by Crippen LogP contribution is -2.54. The van der Waals surface area contributed by atoms with Gasteiger partial charge in [0.2, 0.25) is 0 Å². The van der Waals surface area contributed by atoms with E-state index in [0.717, 1.165) is 6.42 Å². The van der Waals surface area contributed by atoms with Crippen molar-refractivity contribution in [3.63, 3.8) is 0 Å². The first-order valence-corrected chi connectivity index (χ1v) is 6.04. The van der Waals surface area contributed by atoms with Gasteiger partial charge < -0.3 is 10.8 Å². The molecule has 0 spiro atoms. The van der Waals surface area contributed by atoms with Gasteiger partial charge in [-0.1, -0.05) is 33.8 Å². The number of hydrogen-bond donors (Lipinski definition) is 2. The van der Waals surface area contributed by atoms with Gasteiger partial charge in [-0.25, -0.2) is 0 Å². The number of hydrogen-bond acceptors (Lipinski definition) is 2. The van der Waals surface area contributed by atoms with Crippen LogP contribution in [0.4, 0.5) is 13.2 Å². The molecule has 1 atom stereocenters. The zero-order chi connectivity index (χ0) is 14.4. The molecule has 3 N–H and O–H groups in total. The summed E-state index contributed by atoms with van der Waals surface area (Å²) in [7, 11) is 0. The van der Waals surface area contributed by atoms with Gasteiger partial charge in [0.15, 0.2) is 5.60 Å². The smallest absolute Gasteiger partial charge is 0.376 e. The van der Waals surface area contributed by atoms with E-state index in [1.165, 1.54) is 0 Å². The van der Waals surface area contributed by atoms with Gasteiger partial charge in [0.05, 0.1) is 0 Å². The molecule has 0 radical (unpaired) electrons. The fourth-order valence-corrected chi connectivity index (χ4v) is 3.08. The van der Waals surface area contributed by atoms with Crippen molar-refractivity contribution in [3.8, 4) is 0 Å². The average molecular weight is 265 g/mol. The van der Waals surface area contributed by atoms with E-state index in [1.54, 1.807) is 6.08 Å². The van der Waals surface area contributed by atoms with Gasteiger partial charge >= 0.3 is 6.18 Å². The van der Waals surface area contributed by atoms with Crippen LogP contribution in [0, 0.1) is 10.8 Å². The van der Waals surface area contributed by atoms with E-state index in [0.29, 0.717) is 0 Å². The Morgan fingerprint density at radius 1 is 1.28 bits per heavy atom. The van der Waals surface area contributed by atoms with Crippen LogP contribution in [0.1, 0.15) is 40.5 Å². The minimum atomic E-state index is -4.74. The Balaban J connectivity index is 3.26. The molecule has 1 unspecified atom stereocenters. The van der Waals surface area contributed by atoms with Gasteiger partial charge in [0.25, 0.3) is 0 Å². The summed E-state index contributed by atoms with van der Waals surface area (Å²) in [4.78, 5) is 0. The van der Waals surface area contributed by atoms with E-state index in [1.807, 2.05) is 27.7 Å². The van der Waals surface area contributed by atoms with Crippen molar-refractivity contribution >= 4 is 0 Å². The Morgan fingerprint density at radius 3 is 2.11 bits per heavy atom. The van der Waals surface area contributed by atoms with Crippen molar-refractivity contribution in [1.29, 1.82) is 0 Å². The van der Waals surface area contributed by atoms with Crippen LogP contribution >= 0.6 is 0 Å². The van der Waals surface area contributed by atoms with Crippen LogP contribution in [0.3, 0.4) is 0 Å². The predicted molar refractivity (Wildman–Crippen MR) is 64.9 cm³/mol. The van der Waals surface area contributed by atoms with Gasteiger partial charge in [-0.05, 0) is 29.2 Å². The fourth-order valence-electron chi connectivity index (χ4n) is 3.08. The van der Waals surface area contributed by atoms with Crippen LogP contribution < -0.4 is 5.73 Å². The molecule has 0 heterocycles. The van der Waals surface area contributed by atoms with Gasteiger partial charge in [0.1, 0.15) is 0 Å². The standard InChI is InChI=1S/C13H22F3NO/c1-10(2)5-9(6-11(3,4)7-10)12(18,8-17)13(14,15)16/h5,18H,6-8,17H2,1-4H3. The molecular formula is C13H22F3NO. The van der Waals surface area contributed by atoms with Crippen LogP contribution in [0.15, 0.2) is 11.6 Å². The maximum Gasteiger partial charge on any atom is 0.422 e. The Morgan fingerprint density at radius 2 is 1.78 bits per heavy atom.